The fraction of sp³-hybridized carbons (Fsp3) is 0. The minimum absolute atomic E-state index is 0.0913. The van der Waals surface area contributed by atoms with Gasteiger partial charge in [0.2, 0.25) is 0 Å². The minimum atomic E-state index is -0.125. The molecule has 2 heteroatoms. The standard InChI is InChI=1S/C14H8O2/c15-10-5-6-12-11-4-2-1-3-9(11)7-14(16)13(12)8-10/h1-8H. The van der Waals surface area contributed by atoms with Crippen LogP contribution in [0.3, 0.4) is 0 Å². The van der Waals surface area contributed by atoms with Crippen LogP contribution in [0.5, 0.6) is 0 Å². The molecule has 0 amide bonds. The number of carbonyl (C=O) groups is 2. The second kappa shape index (κ2) is 3.14. The van der Waals surface area contributed by atoms with E-state index in [0.717, 1.165) is 16.0 Å². The van der Waals surface area contributed by atoms with Crippen molar-refractivity contribution in [2.45, 2.75) is 0 Å². The third kappa shape index (κ3) is 1.20. The number of ketones is 2. The lowest BCUT2D eigenvalue weighted by molar-refractivity contribution is -0.112. The van der Waals surface area contributed by atoms with Gasteiger partial charge in [-0.15, -0.1) is 0 Å². The van der Waals surface area contributed by atoms with Crippen LogP contribution in [0.4, 0.5) is 0 Å². The van der Waals surface area contributed by atoms with Gasteiger partial charge < -0.3 is 0 Å². The molecule has 0 unspecified atom stereocenters. The number of hydrogen-bond donors (Lipinski definition) is 0. The van der Waals surface area contributed by atoms with Crippen molar-refractivity contribution < 1.29 is 9.59 Å². The normalized spacial score (nSPS) is 17.5. The first-order chi connectivity index (χ1) is 7.75. The van der Waals surface area contributed by atoms with E-state index in [2.05, 4.69) is 0 Å². The van der Waals surface area contributed by atoms with Crippen molar-refractivity contribution in [3.05, 3.63) is 58.5 Å². The van der Waals surface area contributed by atoms with Gasteiger partial charge in [-0.25, -0.2) is 0 Å². The summed E-state index contributed by atoms with van der Waals surface area (Å²) in [5.74, 6) is -0.216. The number of allylic oxidation sites excluding steroid dienone is 4. The van der Waals surface area contributed by atoms with Gasteiger partial charge in [-0.3, -0.25) is 9.59 Å². The molecule has 0 aliphatic heterocycles. The molecule has 3 rings (SSSR count). The molecule has 0 N–H and O–H groups in total. The summed E-state index contributed by atoms with van der Waals surface area (Å²) >= 11 is 0. The van der Waals surface area contributed by atoms with Crippen molar-refractivity contribution in [3.63, 3.8) is 0 Å². The fourth-order valence-electron chi connectivity index (χ4n) is 2.05. The largest absolute Gasteiger partial charge is 0.290 e. The minimum Gasteiger partial charge on any atom is -0.290 e. The Morgan fingerprint density at radius 1 is 0.875 bits per heavy atom. The van der Waals surface area contributed by atoms with Gasteiger partial charge in [0.1, 0.15) is 0 Å². The van der Waals surface area contributed by atoms with Crippen LogP contribution in [0.25, 0.3) is 11.6 Å². The van der Waals surface area contributed by atoms with Gasteiger partial charge in [0, 0.05) is 5.57 Å². The van der Waals surface area contributed by atoms with E-state index >= 15 is 0 Å². The SMILES string of the molecule is O=C1C=CC2=c3ccccc3=CC(=O)C2=C1. The number of carbonyl (C=O) groups excluding carboxylic acids is 2. The molecule has 2 aliphatic rings. The van der Waals surface area contributed by atoms with Gasteiger partial charge in [0.05, 0.1) is 0 Å². The lowest BCUT2D eigenvalue weighted by Crippen LogP contribution is -2.33. The van der Waals surface area contributed by atoms with Crippen LogP contribution in [-0.2, 0) is 9.59 Å². The molecule has 2 nitrogen and oxygen atoms in total. The van der Waals surface area contributed by atoms with Crippen LogP contribution in [0.1, 0.15) is 0 Å². The molecule has 0 fully saturated rings. The molecule has 0 bridgehead atoms. The molecule has 0 heterocycles. The molecule has 0 saturated heterocycles. The molecule has 0 atom stereocenters. The average molecular weight is 208 g/mol. The van der Waals surface area contributed by atoms with E-state index in [9.17, 15) is 9.59 Å². The lowest BCUT2D eigenvalue weighted by atomic mass is 9.89. The van der Waals surface area contributed by atoms with E-state index in [1.54, 1.807) is 12.2 Å². The molecular weight excluding hydrogens is 200 g/mol. The first-order valence-corrected chi connectivity index (χ1v) is 5.05. The van der Waals surface area contributed by atoms with Gasteiger partial charge >= 0.3 is 0 Å². The highest BCUT2D eigenvalue weighted by Gasteiger charge is 2.19. The maximum Gasteiger partial charge on any atom is 0.187 e. The van der Waals surface area contributed by atoms with Crippen LogP contribution < -0.4 is 10.4 Å². The molecule has 1 aromatic rings. The Bertz CT molecular complexity index is 688. The van der Waals surface area contributed by atoms with Crippen molar-refractivity contribution in [1.29, 1.82) is 0 Å². The molecule has 1 aromatic carbocycles. The van der Waals surface area contributed by atoms with Gasteiger partial charge in [0.15, 0.2) is 11.6 Å². The highest BCUT2D eigenvalue weighted by Crippen LogP contribution is 2.19. The Morgan fingerprint density at radius 2 is 1.69 bits per heavy atom. The predicted molar refractivity (Wildman–Crippen MR) is 60.8 cm³/mol. The third-order valence-corrected chi connectivity index (χ3v) is 2.79. The quantitative estimate of drug-likeness (QED) is 0.613. The van der Waals surface area contributed by atoms with E-state index in [-0.39, 0.29) is 11.6 Å². The van der Waals surface area contributed by atoms with E-state index in [1.165, 1.54) is 12.2 Å². The summed E-state index contributed by atoms with van der Waals surface area (Å²) in [7, 11) is 0. The highest BCUT2D eigenvalue weighted by molar-refractivity contribution is 6.29. The number of hydrogen-bond acceptors (Lipinski definition) is 2. The van der Waals surface area contributed by atoms with E-state index in [4.69, 9.17) is 0 Å². The average Bonchev–Trinajstić information content (AvgIpc) is 2.29. The second-order valence-electron chi connectivity index (χ2n) is 3.80. The summed E-state index contributed by atoms with van der Waals surface area (Å²) in [5, 5.41) is 1.93. The van der Waals surface area contributed by atoms with E-state index < -0.39 is 0 Å². The molecule has 76 valence electrons. The topological polar surface area (TPSA) is 34.1 Å². The Hall–Kier alpha value is -2.22. The van der Waals surface area contributed by atoms with Crippen LogP contribution in [0.2, 0.25) is 0 Å². The maximum absolute atomic E-state index is 11.8. The van der Waals surface area contributed by atoms with E-state index in [1.807, 2.05) is 24.3 Å². The second-order valence-corrected chi connectivity index (χ2v) is 3.80. The fourth-order valence-corrected chi connectivity index (χ4v) is 2.05. The maximum atomic E-state index is 11.8. The van der Waals surface area contributed by atoms with Crippen molar-refractivity contribution in [3.8, 4) is 0 Å². The Labute approximate surface area is 91.9 Å². The molecule has 0 spiro atoms. The summed E-state index contributed by atoms with van der Waals surface area (Å²) in [5.41, 5.74) is 1.36. The third-order valence-electron chi connectivity index (χ3n) is 2.79. The number of rotatable bonds is 0. The van der Waals surface area contributed by atoms with Crippen LogP contribution in [0.15, 0.2) is 48.1 Å². The van der Waals surface area contributed by atoms with Gasteiger partial charge in [-0.05, 0) is 40.3 Å². The van der Waals surface area contributed by atoms with Crippen LogP contribution in [-0.4, -0.2) is 11.6 Å². The summed E-state index contributed by atoms with van der Waals surface area (Å²) in [6.45, 7) is 0. The van der Waals surface area contributed by atoms with Crippen molar-refractivity contribution in [2.75, 3.05) is 0 Å². The molecule has 16 heavy (non-hydrogen) atoms. The summed E-state index contributed by atoms with van der Waals surface area (Å²) < 4.78 is 0. The Balaban J connectivity index is 2.48. The van der Waals surface area contributed by atoms with Crippen LogP contribution >= 0.6 is 0 Å². The Kier molecular flexibility index (Phi) is 1.77. The first-order valence-electron chi connectivity index (χ1n) is 5.05. The van der Waals surface area contributed by atoms with Crippen molar-refractivity contribution in [1.82, 2.24) is 0 Å². The van der Waals surface area contributed by atoms with Gasteiger partial charge in [0.25, 0.3) is 0 Å². The molecular formula is C14H8O2. The van der Waals surface area contributed by atoms with Gasteiger partial charge in [-0.2, -0.15) is 0 Å². The molecule has 0 radical (unpaired) electrons. The lowest BCUT2D eigenvalue weighted by Gasteiger charge is -2.13. The smallest absolute Gasteiger partial charge is 0.187 e. The van der Waals surface area contributed by atoms with Crippen molar-refractivity contribution in [2.24, 2.45) is 0 Å². The number of benzene rings is 1. The van der Waals surface area contributed by atoms with E-state index in [0.29, 0.717) is 5.57 Å². The number of Topliss-reactive ketones (excluding diaryl/α,β-unsaturated/α-hetero) is 1. The predicted octanol–water partition coefficient (Wildman–Crippen LogP) is 0.266. The molecule has 0 aromatic heterocycles. The zero-order valence-electron chi connectivity index (χ0n) is 8.44. The van der Waals surface area contributed by atoms with Gasteiger partial charge in [-0.1, -0.05) is 24.3 Å². The highest BCUT2D eigenvalue weighted by atomic mass is 16.1. The van der Waals surface area contributed by atoms with Crippen molar-refractivity contribution >= 4 is 23.2 Å². The monoisotopic (exact) mass is 208 g/mol. The zero-order chi connectivity index (χ0) is 11.1. The zero-order valence-corrected chi connectivity index (χ0v) is 8.44. The first kappa shape index (κ1) is 9.04. The van der Waals surface area contributed by atoms with Crippen LogP contribution in [0, 0.1) is 0 Å². The Morgan fingerprint density at radius 3 is 2.56 bits per heavy atom. The number of fused-ring (bicyclic) bond motifs is 2. The summed E-state index contributed by atoms with van der Waals surface area (Å²) in [6, 6.07) is 7.69. The summed E-state index contributed by atoms with van der Waals surface area (Å²) in [4.78, 5) is 23.0. The molecule has 2 aliphatic carbocycles. The summed E-state index contributed by atoms with van der Waals surface area (Å²) in [6.07, 6.45) is 6.21. The molecule has 0 saturated carbocycles.